The molecule has 31 heavy (non-hydrogen) atoms. The van der Waals surface area contributed by atoms with E-state index in [0.717, 1.165) is 5.56 Å². The van der Waals surface area contributed by atoms with Gasteiger partial charge in [-0.25, -0.2) is 13.2 Å². The first-order valence-electron chi connectivity index (χ1n) is 9.42. The number of hydrogen-bond donors (Lipinski definition) is 0. The first kappa shape index (κ1) is 22.3. The second kappa shape index (κ2) is 9.32. The van der Waals surface area contributed by atoms with Crippen LogP contribution in [-0.4, -0.2) is 51.8 Å². The van der Waals surface area contributed by atoms with Crippen LogP contribution >= 0.6 is 23.2 Å². The zero-order valence-corrected chi connectivity index (χ0v) is 18.6. The van der Waals surface area contributed by atoms with Crippen LogP contribution in [0.15, 0.2) is 35.2 Å². The van der Waals surface area contributed by atoms with Crippen molar-refractivity contribution in [1.29, 1.82) is 0 Å². The molecule has 2 aliphatic rings. The van der Waals surface area contributed by atoms with Gasteiger partial charge in [0.05, 0.1) is 35.3 Å². The molecular weight excluding hydrogens is 469 g/mol. The van der Waals surface area contributed by atoms with Crippen molar-refractivity contribution in [3.63, 3.8) is 0 Å². The molecule has 2 heterocycles. The van der Waals surface area contributed by atoms with E-state index in [2.05, 4.69) is 0 Å². The largest absolute Gasteiger partial charge is 0.467 e. The Morgan fingerprint density at radius 3 is 2.65 bits per heavy atom. The molecular formula is C20H19Cl2NO7S. The quantitative estimate of drug-likeness (QED) is 0.597. The van der Waals surface area contributed by atoms with Crippen LogP contribution in [0, 0.1) is 0 Å². The Kier molecular flexibility index (Phi) is 6.71. The van der Waals surface area contributed by atoms with Crippen molar-refractivity contribution in [2.24, 2.45) is 0 Å². The number of sulfonamides is 1. The van der Waals surface area contributed by atoms with Gasteiger partial charge in [0.15, 0.2) is 6.79 Å². The van der Waals surface area contributed by atoms with Gasteiger partial charge in [-0.1, -0.05) is 23.2 Å². The van der Waals surface area contributed by atoms with E-state index in [1.807, 2.05) is 0 Å². The highest BCUT2D eigenvalue weighted by atomic mass is 35.5. The monoisotopic (exact) mass is 487 g/mol. The van der Waals surface area contributed by atoms with Crippen molar-refractivity contribution < 1.29 is 32.2 Å². The number of nitrogens with zero attached hydrogens (tertiary/aromatic N) is 1. The zero-order chi connectivity index (χ0) is 22.0. The fraction of sp³-hybridized carbons (Fsp3) is 0.350. The molecule has 4 rings (SSSR count). The lowest BCUT2D eigenvalue weighted by Gasteiger charge is -2.26. The normalized spacial score (nSPS) is 17.0. The van der Waals surface area contributed by atoms with E-state index in [0.29, 0.717) is 36.2 Å². The number of benzene rings is 2. The number of morpholine rings is 1. The van der Waals surface area contributed by atoms with E-state index in [1.165, 1.54) is 22.5 Å². The minimum Gasteiger partial charge on any atom is -0.467 e. The smallest absolute Gasteiger partial charge is 0.340 e. The van der Waals surface area contributed by atoms with Gasteiger partial charge in [0, 0.05) is 29.2 Å². The number of ether oxygens (including phenoxy) is 4. The number of halogens is 2. The van der Waals surface area contributed by atoms with Gasteiger partial charge in [-0.2, -0.15) is 4.31 Å². The number of carbonyl (C=O) groups excluding carboxylic acids is 1. The molecule has 11 heteroatoms. The third kappa shape index (κ3) is 4.82. The number of fused-ring (bicyclic) bond motifs is 1. The molecule has 2 aromatic rings. The molecule has 0 bridgehead atoms. The summed E-state index contributed by atoms with van der Waals surface area (Å²) in [4.78, 5) is 12.7. The maximum atomic E-state index is 12.9. The van der Waals surface area contributed by atoms with Gasteiger partial charge in [-0.3, -0.25) is 0 Å². The van der Waals surface area contributed by atoms with Crippen LogP contribution in [0.5, 0.6) is 5.75 Å². The fourth-order valence-electron chi connectivity index (χ4n) is 3.34. The predicted molar refractivity (Wildman–Crippen MR) is 112 cm³/mol. The average molecular weight is 488 g/mol. The Balaban J connectivity index is 1.54. The summed E-state index contributed by atoms with van der Waals surface area (Å²) in [5.74, 6) is -0.206. The van der Waals surface area contributed by atoms with Gasteiger partial charge in [-0.15, -0.1) is 0 Å². The molecule has 0 aromatic heterocycles. The highest BCUT2D eigenvalue weighted by Crippen LogP contribution is 2.32. The Hall–Kier alpha value is -1.88. The molecule has 0 unspecified atom stereocenters. The summed E-state index contributed by atoms with van der Waals surface area (Å²) in [5.41, 5.74) is 1.28. The molecule has 2 aliphatic heterocycles. The predicted octanol–water partition coefficient (Wildman–Crippen LogP) is 3.24. The second-order valence-corrected chi connectivity index (χ2v) is 9.68. The van der Waals surface area contributed by atoms with E-state index >= 15 is 0 Å². The molecule has 0 amide bonds. The minimum absolute atomic E-state index is 0.0358. The van der Waals surface area contributed by atoms with Gasteiger partial charge in [-0.05, 0) is 30.3 Å². The van der Waals surface area contributed by atoms with Crippen LogP contribution in [-0.2, 0) is 37.4 Å². The van der Waals surface area contributed by atoms with E-state index in [-0.39, 0.29) is 42.0 Å². The summed E-state index contributed by atoms with van der Waals surface area (Å²) in [6.07, 6.45) is 0. The van der Waals surface area contributed by atoms with E-state index in [1.54, 1.807) is 12.1 Å². The van der Waals surface area contributed by atoms with Crippen molar-refractivity contribution in [3.05, 3.63) is 57.1 Å². The van der Waals surface area contributed by atoms with E-state index in [9.17, 15) is 13.2 Å². The summed E-state index contributed by atoms with van der Waals surface area (Å²) < 4.78 is 48.4. The van der Waals surface area contributed by atoms with Gasteiger partial charge in [0.1, 0.15) is 12.4 Å². The van der Waals surface area contributed by atoms with E-state index < -0.39 is 16.0 Å². The van der Waals surface area contributed by atoms with Gasteiger partial charge < -0.3 is 18.9 Å². The number of esters is 1. The molecule has 1 fully saturated rings. The molecule has 0 saturated carbocycles. The lowest BCUT2D eigenvalue weighted by Crippen LogP contribution is -2.40. The number of hydrogen-bond acceptors (Lipinski definition) is 7. The Bertz CT molecular complexity index is 1100. The third-order valence-electron chi connectivity index (χ3n) is 4.88. The Morgan fingerprint density at radius 2 is 1.87 bits per heavy atom. The summed E-state index contributed by atoms with van der Waals surface area (Å²) in [6, 6.07) is 7.32. The van der Waals surface area contributed by atoms with Gasteiger partial charge in [0.2, 0.25) is 10.0 Å². The molecule has 0 aliphatic carbocycles. The molecule has 0 spiro atoms. The average Bonchev–Trinajstić information content (AvgIpc) is 2.78. The first-order valence-corrected chi connectivity index (χ1v) is 11.6. The first-order chi connectivity index (χ1) is 14.9. The Labute approximate surface area is 189 Å². The van der Waals surface area contributed by atoms with Crippen LogP contribution in [0.25, 0.3) is 0 Å². The van der Waals surface area contributed by atoms with Crippen LogP contribution in [0.3, 0.4) is 0 Å². The maximum Gasteiger partial charge on any atom is 0.340 e. The van der Waals surface area contributed by atoms with Crippen LogP contribution in [0.2, 0.25) is 10.0 Å². The molecule has 0 atom stereocenters. The molecule has 0 radical (unpaired) electrons. The van der Waals surface area contributed by atoms with Crippen molar-refractivity contribution in [2.45, 2.75) is 18.1 Å². The van der Waals surface area contributed by atoms with Crippen LogP contribution < -0.4 is 4.74 Å². The van der Waals surface area contributed by atoms with Crippen LogP contribution in [0.1, 0.15) is 21.5 Å². The molecule has 166 valence electrons. The second-order valence-electron chi connectivity index (χ2n) is 6.90. The third-order valence-corrected chi connectivity index (χ3v) is 7.32. The lowest BCUT2D eigenvalue weighted by atomic mass is 10.1. The van der Waals surface area contributed by atoms with Crippen molar-refractivity contribution >= 4 is 39.2 Å². The molecule has 2 aromatic carbocycles. The van der Waals surface area contributed by atoms with Crippen molar-refractivity contribution in [3.8, 4) is 5.75 Å². The molecule has 1 saturated heterocycles. The van der Waals surface area contributed by atoms with Gasteiger partial charge in [0.25, 0.3) is 0 Å². The minimum atomic E-state index is -3.78. The van der Waals surface area contributed by atoms with E-state index in [4.69, 9.17) is 42.1 Å². The summed E-state index contributed by atoms with van der Waals surface area (Å²) in [5, 5.41) is 0.541. The zero-order valence-electron chi connectivity index (χ0n) is 16.3. The van der Waals surface area contributed by atoms with Crippen molar-refractivity contribution in [2.75, 3.05) is 33.1 Å². The standard InChI is InChI=1S/C20H19Cl2NO7S/c21-15-7-13-10-28-12-30-19(13)14(8-15)11-29-20(24)17-9-16(1-2-18(17)22)31(25,26)23-3-5-27-6-4-23/h1-2,7-9H,3-6,10-12H2. The maximum absolute atomic E-state index is 12.9. The summed E-state index contributed by atoms with van der Waals surface area (Å²) in [6.45, 7) is 1.42. The highest BCUT2D eigenvalue weighted by molar-refractivity contribution is 7.89. The molecule has 0 N–H and O–H groups in total. The number of rotatable bonds is 5. The topological polar surface area (TPSA) is 91.4 Å². The molecule has 8 nitrogen and oxygen atoms in total. The fourth-order valence-corrected chi connectivity index (χ4v) is 5.24. The lowest BCUT2D eigenvalue weighted by molar-refractivity contribution is -0.0180. The SMILES string of the molecule is O=C(OCc1cc(Cl)cc2c1OCOC2)c1cc(S(=O)(=O)N2CCOCC2)ccc1Cl. The van der Waals surface area contributed by atoms with Gasteiger partial charge >= 0.3 is 5.97 Å². The Morgan fingerprint density at radius 1 is 1.10 bits per heavy atom. The highest BCUT2D eigenvalue weighted by Gasteiger charge is 2.28. The summed E-state index contributed by atoms with van der Waals surface area (Å²) >= 11 is 12.3. The number of carbonyl (C=O) groups is 1. The van der Waals surface area contributed by atoms with Crippen LogP contribution in [0.4, 0.5) is 0 Å². The summed E-state index contributed by atoms with van der Waals surface area (Å²) in [7, 11) is -3.78. The van der Waals surface area contributed by atoms with Crippen molar-refractivity contribution in [1.82, 2.24) is 4.31 Å².